The summed E-state index contributed by atoms with van der Waals surface area (Å²) in [5, 5.41) is 6.29. The van der Waals surface area contributed by atoms with Gasteiger partial charge in [0.1, 0.15) is 11.5 Å². The molecule has 6 heterocycles. The molecule has 0 bridgehead atoms. The van der Waals surface area contributed by atoms with Gasteiger partial charge in [0.2, 0.25) is 5.91 Å². The van der Waals surface area contributed by atoms with Crippen LogP contribution in [0.2, 0.25) is 0 Å². The molecule has 2 amide bonds. The SMILES string of the molecule is C=CC(=O)Nc1cc(Nc2nc(-c3ccnc(N4CCn5c(cc6c5CC(C)(C)C6)C4=O)c3C)cn(C)c2=O)cc(C)c1N1CCN(C2COC2)C[C@@H]1C. The van der Waals surface area contributed by atoms with Crippen LogP contribution >= 0.6 is 0 Å². The molecule has 2 fully saturated rings. The van der Waals surface area contributed by atoms with Gasteiger partial charge in [-0.25, -0.2) is 9.97 Å². The number of rotatable bonds is 8. The van der Waals surface area contributed by atoms with Crippen molar-refractivity contribution in [3.05, 3.63) is 87.7 Å². The van der Waals surface area contributed by atoms with Gasteiger partial charge < -0.3 is 29.4 Å². The summed E-state index contributed by atoms with van der Waals surface area (Å²) in [5.74, 6) is 0.342. The summed E-state index contributed by atoms with van der Waals surface area (Å²) in [6.07, 6.45) is 6.59. The van der Waals surface area contributed by atoms with E-state index >= 15 is 0 Å². The molecule has 13 heteroatoms. The standard InChI is InChI=1S/C41H49N9O4/c1-8-35(51)44-31-17-28(15-24(2)36(31)48-12-11-47(20-25(48)3)29-22-54-23-29)43-37-40(53)46(7)21-32(45-37)30-9-10-42-38(26(30)4)50-14-13-49-33(39(50)52)16-27-18-41(5,6)19-34(27)49/h8-10,15-17,21,25,29H,1,11-14,18-20,22-23H2,2-7H3,(H,43,45)(H,44,51)/t25-/m0/s1. The Morgan fingerprint density at radius 3 is 2.59 bits per heavy atom. The normalized spacial score (nSPS) is 19.7. The highest BCUT2D eigenvalue weighted by atomic mass is 16.5. The van der Waals surface area contributed by atoms with Gasteiger partial charge >= 0.3 is 0 Å². The van der Waals surface area contributed by atoms with Crippen molar-refractivity contribution >= 4 is 40.5 Å². The number of carbonyl (C=O) groups is 2. The van der Waals surface area contributed by atoms with Crippen LogP contribution in [0.25, 0.3) is 11.3 Å². The Morgan fingerprint density at radius 1 is 1.07 bits per heavy atom. The number of benzene rings is 1. The lowest BCUT2D eigenvalue weighted by atomic mass is 9.90. The molecule has 13 nitrogen and oxygen atoms in total. The molecule has 4 aliphatic rings. The molecule has 4 aromatic rings. The second-order valence-corrected chi connectivity index (χ2v) is 16.1. The molecule has 1 aromatic carbocycles. The van der Waals surface area contributed by atoms with Crippen molar-refractivity contribution in [1.82, 2.24) is 24.0 Å². The van der Waals surface area contributed by atoms with E-state index in [1.807, 2.05) is 32.0 Å². The zero-order chi connectivity index (χ0) is 38.1. The number of hydrogen-bond donors (Lipinski definition) is 2. The summed E-state index contributed by atoms with van der Waals surface area (Å²) >= 11 is 0. The van der Waals surface area contributed by atoms with Gasteiger partial charge in [0, 0.05) is 80.7 Å². The number of piperazine rings is 1. The first-order valence-electron chi connectivity index (χ1n) is 18.8. The molecule has 0 unspecified atom stereocenters. The molecule has 3 aliphatic heterocycles. The van der Waals surface area contributed by atoms with Gasteiger partial charge in [0.15, 0.2) is 5.82 Å². The van der Waals surface area contributed by atoms with Crippen LogP contribution in [0.1, 0.15) is 53.6 Å². The van der Waals surface area contributed by atoms with E-state index in [0.717, 1.165) is 68.1 Å². The molecular weight excluding hydrogens is 683 g/mol. The highest BCUT2D eigenvalue weighted by Gasteiger charge is 2.38. The Balaban J connectivity index is 1.09. The number of amides is 2. The van der Waals surface area contributed by atoms with Crippen LogP contribution in [0.4, 0.5) is 28.7 Å². The Labute approximate surface area is 315 Å². The summed E-state index contributed by atoms with van der Waals surface area (Å²) in [4.78, 5) is 56.3. The minimum atomic E-state index is -0.320. The molecule has 54 heavy (non-hydrogen) atoms. The van der Waals surface area contributed by atoms with Crippen molar-refractivity contribution < 1.29 is 14.3 Å². The predicted molar refractivity (Wildman–Crippen MR) is 211 cm³/mol. The summed E-state index contributed by atoms with van der Waals surface area (Å²) in [6.45, 7) is 19.7. The Hall–Kier alpha value is -5.27. The van der Waals surface area contributed by atoms with Gasteiger partial charge in [-0.05, 0) is 80.5 Å². The smallest absolute Gasteiger partial charge is 0.293 e. The quantitative estimate of drug-likeness (QED) is 0.245. The predicted octanol–water partition coefficient (Wildman–Crippen LogP) is 4.82. The van der Waals surface area contributed by atoms with Crippen LogP contribution in [0.5, 0.6) is 0 Å². The van der Waals surface area contributed by atoms with Crippen LogP contribution in [-0.4, -0.2) is 87.3 Å². The summed E-state index contributed by atoms with van der Waals surface area (Å²) in [7, 11) is 1.69. The van der Waals surface area contributed by atoms with E-state index in [1.54, 1.807) is 24.3 Å². The fourth-order valence-electron chi connectivity index (χ4n) is 8.74. The summed E-state index contributed by atoms with van der Waals surface area (Å²) < 4.78 is 9.14. The molecule has 1 atom stereocenters. The lowest BCUT2D eigenvalue weighted by molar-refractivity contribution is -0.111. The largest absolute Gasteiger partial charge is 0.378 e. The maximum absolute atomic E-state index is 13.9. The minimum Gasteiger partial charge on any atom is -0.378 e. The monoisotopic (exact) mass is 731 g/mol. The van der Waals surface area contributed by atoms with Crippen LogP contribution in [-0.2, 0) is 36.0 Å². The van der Waals surface area contributed by atoms with Crippen LogP contribution in [0.3, 0.4) is 0 Å². The van der Waals surface area contributed by atoms with Gasteiger partial charge in [-0.3, -0.25) is 24.2 Å². The van der Waals surface area contributed by atoms with Crippen LogP contribution < -0.4 is 26.0 Å². The molecule has 8 rings (SSSR count). The first-order valence-corrected chi connectivity index (χ1v) is 18.8. The number of carbonyl (C=O) groups excluding carboxylic acids is 2. The first-order chi connectivity index (χ1) is 25.8. The number of aromatic nitrogens is 4. The number of nitrogens with zero attached hydrogens (tertiary/aromatic N) is 7. The Kier molecular flexibility index (Phi) is 8.96. The number of fused-ring (bicyclic) bond motifs is 3. The molecule has 1 aliphatic carbocycles. The van der Waals surface area contributed by atoms with E-state index in [1.165, 1.54) is 21.9 Å². The minimum absolute atomic E-state index is 0.0561. The molecule has 282 valence electrons. The van der Waals surface area contributed by atoms with Gasteiger partial charge in [0.05, 0.1) is 36.3 Å². The molecule has 2 N–H and O–H groups in total. The zero-order valence-electron chi connectivity index (χ0n) is 32.0. The second kappa shape index (κ2) is 13.5. The van der Waals surface area contributed by atoms with Crippen molar-refractivity contribution in [2.75, 3.05) is 59.8 Å². The molecular formula is C41H49N9O4. The van der Waals surface area contributed by atoms with Crippen LogP contribution in [0.15, 0.2) is 54.1 Å². The van der Waals surface area contributed by atoms with Gasteiger partial charge in [-0.2, -0.15) is 0 Å². The number of ether oxygens (including phenoxy) is 1. The van der Waals surface area contributed by atoms with Crippen molar-refractivity contribution in [3.8, 4) is 11.3 Å². The summed E-state index contributed by atoms with van der Waals surface area (Å²) in [5.41, 5.74) is 8.42. The fourth-order valence-corrected chi connectivity index (χ4v) is 8.74. The molecule has 0 radical (unpaired) electrons. The van der Waals surface area contributed by atoms with Gasteiger partial charge in [-0.15, -0.1) is 0 Å². The number of pyridine rings is 1. The third-order valence-electron chi connectivity index (χ3n) is 11.5. The lowest BCUT2D eigenvalue weighted by Crippen LogP contribution is -2.59. The first kappa shape index (κ1) is 35.7. The maximum Gasteiger partial charge on any atom is 0.293 e. The van der Waals surface area contributed by atoms with Gasteiger partial charge in [-0.1, -0.05) is 20.4 Å². The third-order valence-corrected chi connectivity index (χ3v) is 11.5. The fraction of sp³-hybridized carbons (Fsp3) is 0.439. The molecule has 2 saturated heterocycles. The van der Waals surface area contributed by atoms with E-state index < -0.39 is 0 Å². The highest BCUT2D eigenvalue weighted by molar-refractivity contribution is 6.06. The Bertz CT molecular complexity index is 2250. The number of nitrogens with one attached hydrogen (secondary N) is 2. The van der Waals surface area contributed by atoms with E-state index in [-0.39, 0.29) is 34.6 Å². The Morgan fingerprint density at radius 2 is 1.87 bits per heavy atom. The summed E-state index contributed by atoms with van der Waals surface area (Å²) in [6, 6.07) is 8.43. The molecule has 0 spiro atoms. The van der Waals surface area contributed by atoms with Crippen molar-refractivity contribution in [2.45, 2.75) is 66.1 Å². The highest BCUT2D eigenvalue weighted by Crippen LogP contribution is 2.40. The number of hydrogen-bond acceptors (Lipinski definition) is 9. The number of anilines is 5. The van der Waals surface area contributed by atoms with Crippen molar-refractivity contribution in [2.24, 2.45) is 12.5 Å². The molecule has 0 saturated carbocycles. The van der Waals surface area contributed by atoms with E-state index in [0.29, 0.717) is 47.7 Å². The van der Waals surface area contributed by atoms with E-state index in [2.05, 4.69) is 63.4 Å². The average molecular weight is 732 g/mol. The lowest BCUT2D eigenvalue weighted by Gasteiger charge is -2.47. The van der Waals surface area contributed by atoms with Crippen LogP contribution in [0, 0.1) is 19.3 Å². The zero-order valence-corrected chi connectivity index (χ0v) is 32.0. The molecule has 3 aromatic heterocycles. The maximum atomic E-state index is 13.9. The topological polar surface area (TPSA) is 130 Å². The van der Waals surface area contributed by atoms with Crippen molar-refractivity contribution in [1.29, 1.82) is 0 Å². The third kappa shape index (κ3) is 6.28. The number of aryl methyl sites for hydroxylation is 2. The average Bonchev–Trinajstić information content (AvgIpc) is 3.59. The van der Waals surface area contributed by atoms with Gasteiger partial charge in [0.25, 0.3) is 11.5 Å². The van der Waals surface area contributed by atoms with E-state index in [4.69, 9.17) is 9.72 Å². The van der Waals surface area contributed by atoms with Crippen molar-refractivity contribution in [3.63, 3.8) is 0 Å². The van der Waals surface area contributed by atoms with E-state index in [9.17, 15) is 14.4 Å². The second-order valence-electron chi connectivity index (χ2n) is 16.1.